The van der Waals surface area contributed by atoms with Gasteiger partial charge in [0.05, 0.1) is 24.4 Å². The molecule has 0 aromatic rings. The van der Waals surface area contributed by atoms with Crippen LogP contribution >= 0.6 is 0 Å². The maximum Gasteiger partial charge on any atom is 0.0965 e. The molecule has 2 bridgehead atoms. The molecule has 0 spiro atoms. The first kappa shape index (κ1) is 10.4. The fourth-order valence-electron chi connectivity index (χ4n) is 2.15. The Hall–Kier alpha value is -0.120. The van der Waals surface area contributed by atoms with Crippen molar-refractivity contribution in [1.29, 1.82) is 0 Å². The number of fused-ring (bicyclic) bond motifs is 2. The topological polar surface area (TPSA) is 30.5 Å². The molecule has 82 valence electrons. The van der Waals surface area contributed by atoms with Crippen LogP contribution in [0.1, 0.15) is 33.6 Å². The molecular weight excluding hydrogens is 178 g/mol. The van der Waals surface area contributed by atoms with Crippen LogP contribution in [0.5, 0.6) is 0 Å². The number of hydrogen-bond acceptors (Lipinski definition) is 3. The summed E-state index contributed by atoms with van der Waals surface area (Å²) < 4.78 is 11.6. The van der Waals surface area contributed by atoms with E-state index in [4.69, 9.17) is 9.47 Å². The lowest BCUT2D eigenvalue weighted by Crippen LogP contribution is -2.41. The first-order valence-corrected chi connectivity index (χ1v) is 5.57. The molecule has 1 N–H and O–H groups in total. The summed E-state index contributed by atoms with van der Waals surface area (Å²) in [7, 11) is 0. The first-order chi connectivity index (χ1) is 6.54. The highest BCUT2D eigenvalue weighted by atomic mass is 16.6. The van der Waals surface area contributed by atoms with Gasteiger partial charge in [-0.1, -0.05) is 0 Å². The third-order valence-electron chi connectivity index (χ3n) is 2.89. The number of hydrogen-bond donors (Lipinski definition) is 1. The second-order valence-electron chi connectivity index (χ2n) is 5.30. The summed E-state index contributed by atoms with van der Waals surface area (Å²) >= 11 is 0. The van der Waals surface area contributed by atoms with Crippen molar-refractivity contribution in [2.24, 2.45) is 0 Å². The molecule has 2 aliphatic rings. The van der Waals surface area contributed by atoms with Crippen molar-refractivity contribution < 1.29 is 9.47 Å². The fourth-order valence-corrected chi connectivity index (χ4v) is 2.15. The molecule has 3 atom stereocenters. The van der Waals surface area contributed by atoms with E-state index >= 15 is 0 Å². The maximum absolute atomic E-state index is 5.89. The van der Waals surface area contributed by atoms with Crippen molar-refractivity contribution in [3.8, 4) is 0 Å². The van der Waals surface area contributed by atoms with Crippen LogP contribution < -0.4 is 5.32 Å². The Morgan fingerprint density at radius 2 is 2.21 bits per heavy atom. The number of nitrogens with one attached hydrogen (secondary N) is 1. The lowest BCUT2D eigenvalue weighted by atomic mass is 10.0. The zero-order chi connectivity index (χ0) is 10.2. The SMILES string of the molecule is CC(C)(C)OC[C@H]1O[C@@H]2CCN[C@H]1C2. The summed E-state index contributed by atoms with van der Waals surface area (Å²) in [6, 6.07) is 0.524. The van der Waals surface area contributed by atoms with Gasteiger partial charge < -0.3 is 14.8 Å². The summed E-state index contributed by atoms with van der Waals surface area (Å²) in [5.74, 6) is 0. The van der Waals surface area contributed by atoms with E-state index in [0.717, 1.165) is 26.0 Å². The minimum absolute atomic E-state index is 0.0555. The van der Waals surface area contributed by atoms with Crippen LogP contribution in [0.15, 0.2) is 0 Å². The first-order valence-electron chi connectivity index (χ1n) is 5.57. The van der Waals surface area contributed by atoms with Gasteiger partial charge in [-0.2, -0.15) is 0 Å². The molecule has 0 amide bonds. The van der Waals surface area contributed by atoms with E-state index in [0.29, 0.717) is 12.1 Å². The van der Waals surface area contributed by atoms with Gasteiger partial charge in [0.1, 0.15) is 0 Å². The predicted octanol–water partition coefficient (Wildman–Crippen LogP) is 1.32. The monoisotopic (exact) mass is 199 g/mol. The summed E-state index contributed by atoms with van der Waals surface area (Å²) in [6.07, 6.45) is 3.07. The van der Waals surface area contributed by atoms with Crippen molar-refractivity contribution in [2.45, 2.75) is 57.5 Å². The van der Waals surface area contributed by atoms with E-state index in [1.165, 1.54) is 0 Å². The minimum atomic E-state index is -0.0555. The fraction of sp³-hybridized carbons (Fsp3) is 1.00. The smallest absolute Gasteiger partial charge is 0.0965 e. The molecule has 0 unspecified atom stereocenters. The van der Waals surface area contributed by atoms with Crippen LogP contribution in [-0.2, 0) is 9.47 Å². The van der Waals surface area contributed by atoms with Gasteiger partial charge in [0.2, 0.25) is 0 Å². The molecule has 2 heterocycles. The van der Waals surface area contributed by atoms with Gasteiger partial charge in [-0.15, -0.1) is 0 Å². The normalized spacial score (nSPS) is 37.5. The molecule has 2 rings (SSSR count). The molecule has 14 heavy (non-hydrogen) atoms. The van der Waals surface area contributed by atoms with E-state index in [-0.39, 0.29) is 11.7 Å². The molecule has 0 aromatic carbocycles. The second-order valence-corrected chi connectivity index (χ2v) is 5.30. The van der Waals surface area contributed by atoms with Crippen molar-refractivity contribution in [2.75, 3.05) is 13.2 Å². The summed E-state index contributed by atoms with van der Waals surface area (Å²) in [5.41, 5.74) is -0.0555. The second kappa shape index (κ2) is 3.80. The standard InChI is InChI=1S/C11H21NO2/c1-11(2,3)13-7-10-9-6-8(14-10)4-5-12-9/h8-10,12H,4-7H2,1-3H3/t8-,9+,10-/m1/s1. The highest BCUT2D eigenvalue weighted by molar-refractivity contribution is 4.92. The van der Waals surface area contributed by atoms with E-state index in [9.17, 15) is 0 Å². The third kappa shape index (κ3) is 2.47. The van der Waals surface area contributed by atoms with E-state index in [2.05, 4.69) is 26.1 Å². The van der Waals surface area contributed by atoms with Gasteiger partial charge in [-0.3, -0.25) is 0 Å². The molecule has 0 aromatic heterocycles. The van der Waals surface area contributed by atoms with Gasteiger partial charge in [0, 0.05) is 6.04 Å². The molecule has 0 radical (unpaired) electrons. The van der Waals surface area contributed by atoms with Gasteiger partial charge in [0.25, 0.3) is 0 Å². The average Bonchev–Trinajstić information content (AvgIpc) is 2.37. The third-order valence-corrected chi connectivity index (χ3v) is 2.89. The summed E-state index contributed by atoms with van der Waals surface area (Å²) in [6.45, 7) is 8.07. The predicted molar refractivity (Wildman–Crippen MR) is 55.4 cm³/mol. The molecule has 0 aliphatic carbocycles. The van der Waals surface area contributed by atoms with Crippen LogP contribution in [-0.4, -0.2) is 37.0 Å². The Bertz CT molecular complexity index is 200. The Morgan fingerprint density at radius 1 is 1.43 bits per heavy atom. The molecule has 2 aliphatic heterocycles. The Balaban J connectivity index is 1.82. The van der Waals surface area contributed by atoms with Crippen LogP contribution in [0, 0.1) is 0 Å². The van der Waals surface area contributed by atoms with Gasteiger partial charge in [-0.25, -0.2) is 0 Å². The van der Waals surface area contributed by atoms with E-state index in [1.807, 2.05) is 0 Å². The highest BCUT2D eigenvalue weighted by Gasteiger charge is 2.38. The lowest BCUT2D eigenvalue weighted by molar-refractivity contribution is -0.0697. The molecule has 3 heteroatoms. The summed E-state index contributed by atoms with van der Waals surface area (Å²) in [5, 5.41) is 3.49. The van der Waals surface area contributed by atoms with E-state index in [1.54, 1.807) is 0 Å². The Labute approximate surface area is 86.2 Å². The van der Waals surface area contributed by atoms with Crippen LogP contribution in [0.3, 0.4) is 0 Å². The number of ether oxygens (including phenoxy) is 2. The van der Waals surface area contributed by atoms with Gasteiger partial charge in [-0.05, 0) is 40.2 Å². The zero-order valence-corrected chi connectivity index (χ0v) is 9.38. The molecule has 2 saturated heterocycles. The molecule has 2 fully saturated rings. The summed E-state index contributed by atoms with van der Waals surface area (Å²) in [4.78, 5) is 0. The Kier molecular flexibility index (Phi) is 2.82. The van der Waals surface area contributed by atoms with Crippen molar-refractivity contribution in [3.63, 3.8) is 0 Å². The minimum Gasteiger partial charge on any atom is -0.373 e. The van der Waals surface area contributed by atoms with Crippen LogP contribution in [0.4, 0.5) is 0 Å². The number of piperidine rings is 1. The number of rotatable bonds is 2. The lowest BCUT2D eigenvalue weighted by Gasteiger charge is -2.25. The largest absolute Gasteiger partial charge is 0.373 e. The van der Waals surface area contributed by atoms with Crippen LogP contribution in [0.25, 0.3) is 0 Å². The molecule has 0 saturated carbocycles. The van der Waals surface area contributed by atoms with Gasteiger partial charge in [0.15, 0.2) is 0 Å². The van der Waals surface area contributed by atoms with Crippen molar-refractivity contribution >= 4 is 0 Å². The Morgan fingerprint density at radius 3 is 2.86 bits per heavy atom. The van der Waals surface area contributed by atoms with Crippen LogP contribution in [0.2, 0.25) is 0 Å². The van der Waals surface area contributed by atoms with Crippen molar-refractivity contribution in [3.05, 3.63) is 0 Å². The average molecular weight is 199 g/mol. The molecule has 3 nitrogen and oxygen atoms in total. The molecular formula is C11H21NO2. The van der Waals surface area contributed by atoms with E-state index < -0.39 is 0 Å². The van der Waals surface area contributed by atoms with Gasteiger partial charge >= 0.3 is 0 Å². The van der Waals surface area contributed by atoms with Crippen molar-refractivity contribution in [1.82, 2.24) is 5.32 Å². The quantitative estimate of drug-likeness (QED) is 0.727. The maximum atomic E-state index is 5.89. The highest BCUT2D eigenvalue weighted by Crippen LogP contribution is 2.27. The zero-order valence-electron chi connectivity index (χ0n) is 9.38.